The van der Waals surface area contributed by atoms with Gasteiger partial charge in [-0.2, -0.15) is 0 Å². The van der Waals surface area contributed by atoms with Gasteiger partial charge in [-0.15, -0.1) is 0 Å². The van der Waals surface area contributed by atoms with Crippen LogP contribution in [-0.2, 0) is 20.7 Å². The number of hydrogen-bond donors (Lipinski definition) is 2. The zero-order valence-corrected chi connectivity index (χ0v) is 12.2. The van der Waals surface area contributed by atoms with Crippen molar-refractivity contribution < 1.29 is 19.0 Å². The van der Waals surface area contributed by atoms with Crippen LogP contribution in [0.1, 0.15) is 24.8 Å². The van der Waals surface area contributed by atoms with Crippen LogP contribution in [-0.4, -0.2) is 28.7 Å². The van der Waals surface area contributed by atoms with Crippen molar-refractivity contribution in [3.05, 3.63) is 35.9 Å². The van der Waals surface area contributed by atoms with E-state index in [1.165, 1.54) is 0 Å². The van der Waals surface area contributed by atoms with Crippen LogP contribution in [0.25, 0.3) is 0 Å². The smallest absolute Gasteiger partial charge is 0.323 e. The van der Waals surface area contributed by atoms with Gasteiger partial charge in [0.25, 0.3) is 0 Å². The van der Waals surface area contributed by atoms with E-state index in [4.69, 9.17) is 10.5 Å². The minimum atomic E-state index is -3.60. The Labute approximate surface area is 118 Å². The van der Waals surface area contributed by atoms with Gasteiger partial charge in [-0.05, 0) is 18.4 Å². The summed E-state index contributed by atoms with van der Waals surface area (Å²) in [6.07, 6.45) is 1.85. The summed E-state index contributed by atoms with van der Waals surface area (Å²) >= 11 is 0. The summed E-state index contributed by atoms with van der Waals surface area (Å²) in [5.74, 6) is -0.644. The first kappa shape index (κ1) is 15.2. The molecule has 1 fully saturated rings. The fourth-order valence-electron chi connectivity index (χ4n) is 2.56. The summed E-state index contributed by atoms with van der Waals surface area (Å²) in [4.78, 5) is 22.4. The molecule has 2 unspecified atom stereocenters. The maximum absolute atomic E-state index is 12.3. The van der Waals surface area contributed by atoms with Gasteiger partial charge in [0.05, 0.1) is 0 Å². The molecule has 3 N–H and O–H groups in total. The predicted octanol–water partition coefficient (Wildman–Crippen LogP) is 1.88. The van der Waals surface area contributed by atoms with E-state index < -0.39 is 18.5 Å². The lowest BCUT2D eigenvalue weighted by Crippen LogP contribution is -2.48. The van der Waals surface area contributed by atoms with Crippen molar-refractivity contribution in [3.63, 3.8) is 0 Å². The van der Waals surface area contributed by atoms with E-state index in [1.54, 1.807) is 0 Å². The Morgan fingerprint density at radius 1 is 1.35 bits per heavy atom. The van der Waals surface area contributed by atoms with E-state index >= 15 is 0 Å². The van der Waals surface area contributed by atoms with Crippen molar-refractivity contribution in [2.24, 2.45) is 5.73 Å². The zero-order valence-electron chi connectivity index (χ0n) is 11.3. The SMILES string of the molecule is NCC1(C(=O)OCc2ccccc2)CCCCP1(=O)O. The number of benzene rings is 1. The van der Waals surface area contributed by atoms with Crippen molar-refractivity contribution >= 4 is 13.3 Å². The van der Waals surface area contributed by atoms with E-state index in [-0.39, 0.29) is 19.3 Å². The summed E-state index contributed by atoms with van der Waals surface area (Å²) in [5, 5.41) is -1.42. The van der Waals surface area contributed by atoms with Gasteiger partial charge in [0.2, 0.25) is 7.37 Å². The summed E-state index contributed by atoms with van der Waals surface area (Å²) in [6, 6.07) is 9.23. The number of rotatable bonds is 4. The molecule has 5 nitrogen and oxygen atoms in total. The first-order valence-corrected chi connectivity index (χ1v) is 8.59. The van der Waals surface area contributed by atoms with Gasteiger partial charge in [-0.1, -0.05) is 36.8 Å². The zero-order chi connectivity index (χ0) is 14.6. The molecule has 6 heteroatoms. The standard InChI is InChI=1S/C14H20NO4P/c15-11-14(8-4-5-9-20(14,17)18)13(16)19-10-12-6-2-1-3-7-12/h1-3,6-7H,4-5,8-11,15H2,(H,17,18). The number of hydrogen-bond acceptors (Lipinski definition) is 4. The molecule has 0 spiro atoms. The Morgan fingerprint density at radius 3 is 2.65 bits per heavy atom. The van der Waals surface area contributed by atoms with Crippen LogP contribution in [0.15, 0.2) is 30.3 Å². The van der Waals surface area contributed by atoms with Crippen molar-refractivity contribution in [2.45, 2.75) is 31.0 Å². The van der Waals surface area contributed by atoms with E-state index in [0.29, 0.717) is 12.8 Å². The predicted molar refractivity (Wildman–Crippen MR) is 76.6 cm³/mol. The van der Waals surface area contributed by atoms with Crippen molar-refractivity contribution in [2.75, 3.05) is 12.7 Å². The van der Waals surface area contributed by atoms with Crippen LogP contribution < -0.4 is 5.73 Å². The normalized spacial score (nSPS) is 29.9. The van der Waals surface area contributed by atoms with Crippen LogP contribution in [0.2, 0.25) is 0 Å². The fraction of sp³-hybridized carbons (Fsp3) is 0.500. The highest BCUT2D eigenvalue weighted by molar-refractivity contribution is 7.61. The molecular weight excluding hydrogens is 277 g/mol. The minimum Gasteiger partial charge on any atom is -0.460 e. The molecule has 110 valence electrons. The second-order valence-corrected chi connectivity index (χ2v) is 7.89. The van der Waals surface area contributed by atoms with Crippen LogP contribution in [0.4, 0.5) is 0 Å². The third-order valence-electron chi connectivity index (χ3n) is 3.90. The molecule has 1 aromatic carbocycles. The Hall–Kier alpha value is -1.16. The highest BCUT2D eigenvalue weighted by Crippen LogP contribution is 2.60. The van der Waals surface area contributed by atoms with Gasteiger partial charge >= 0.3 is 5.97 Å². The Balaban J connectivity index is 2.11. The molecule has 2 atom stereocenters. The maximum atomic E-state index is 12.3. The molecule has 0 aromatic heterocycles. The lowest BCUT2D eigenvalue weighted by molar-refractivity contribution is -0.148. The molecule has 2 rings (SSSR count). The topological polar surface area (TPSA) is 89.6 Å². The minimum absolute atomic E-state index is 0.0986. The number of carbonyl (C=O) groups is 1. The quantitative estimate of drug-likeness (QED) is 0.654. The molecule has 1 heterocycles. The molecule has 0 radical (unpaired) electrons. The number of carbonyl (C=O) groups excluding carboxylic acids is 1. The molecule has 20 heavy (non-hydrogen) atoms. The van der Waals surface area contributed by atoms with Crippen LogP contribution >= 0.6 is 7.37 Å². The highest BCUT2D eigenvalue weighted by Gasteiger charge is 2.54. The lowest BCUT2D eigenvalue weighted by atomic mass is 10.0. The van der Waals surface area contributed by atoms with Gasteiger partial charge in [0.1, 0.15) is 6.61 Å². The average Bonchev–Trinajstić information content (AvgIpc) is 2.46. The van der Waals surface area contributed by atoms with Crippen molar-refractivity contribution in [3.8, 4) is 0 Å². The monoisotopic (exact) mass is 297 g/mol. The summed E-state index contributed by atoms with van der Waals surface area (Å²) in [6.45, 7) is -0.0458. The van der Waals surface area contributed by atoms with Gasteiger partial charge in [-0.3, -0.25) is 9.36 Å². The molecule has 1 aliphatic rings. The van der Waals surface area contributed by atoms with Crippen LogP contribution in [0, 0.1) is 0 Å². The lowest BCUT2D eigenvalue weighted by Gasteiger charge is -2.37. The second kappa shape index (κ2) is 6.08. The first-order valence-electron chi connectivity index (χ1n) is 6.75. The van der Waals surface area contributed by atoms with Crippen LogP contribution in [0.3, 0.4) is 0 Å². The molecule has 0 saturated carbocycles. The first-order chi connectivity index (χ1) is 9.52. The van der Waals surface area contributed by atoms with Gasteiger partial charge in [0, 0.05) is 12.7 Å². The second-order valence-electron chi connectivity index (χ2n) is 5.18. The Morgan fingerprint density at radius 2 is 2.05 bits per heavy atom. The number of ether oxygens (including phenoxy) is 1. The molecule has 1 aromatic rings. The molecule has 0 bridgehead atoms. The number of esters is 1. The van der Waals surface area contributed by atoms with Crippen LogP contribution in [0.5, 0.6) is 0 Å². The molecule has 0 aliphatic carbocycles. The van der Waals surface area contributed by atoms with Gasteiger partial charge in [-0.25, -0.2) is 0 Å². The van der Waals surface area contributed by atoms with E-state index in [9.17, 15) is 14.3 Å². The summed E-state index contributed by atoms with van der Waals surface area (Å²) in [7, 11) is -3.60. The molecule has 1 saturated heterocycles. The largest absolute Gasteiger partial charge is 0.460 e. The van der Waals surface area contributed by atoms with E-state index in [2.05, 4.69) is 0 Å². The Kier molecular flexibility index (Phi) is 4.63. The molecule has 0 amide bonds. The van der Waals surface area contributed by atoms with Gasteiger partial charge < -0.3 is 15.4 Å². The Bertz CT molecular complexity index is 519. The molecular formula is C14H20NO4P. The van der Waals surface area contributed by atoms with Crippen molar-refractivity contribution in [1.29, 1.82) is 0 Å². The maximum Gasteiger partial charge on any atom is 0.323 e. The van der Waals surface area contributed by atoms with Gasteiger partial charge in [0.15, 0.2) is 5.16 Å². The third-order valence-corrected chi connectivity index (χ3v) is 6.75. The van der Waals surface area contributed by atoms with E-state index in [1.807, 2.05) is 30.3 Å². The highest BCUT2D eigenvalue weighted by atomic mass is 31.2. The molecule has 1 aliphatic heterocycles. The average molecular weight is 297 g/mol. The van der Waals surface area contributed by atoms with Crippen molar-refractivity contribution in [1.82, 2.24) is 0 Å². The fourth-order valence-corrected chi connectivity index (χ4v) is 4.79. The third kappa shape index (κ3) is 2.80. The summed E-state index contributed by atoms with van der Waals surface area (Å²) < 4.78 is 17.6. The van der Waals surface area contributed by atoms with E-state index in [0.717, 1.165) is 12.0 Å². The number of nitrogens with two attached hydrogens (primary N) is 1. The summed E-state index contributed by atoms with van der Waals surface area (Å²) in [5.41, 5.74) is 6.49.